The molecule has 5 heteroatoms. The van der Waals surface area contributed by atoms with Crippen molar-refractivity contribution in [1.82, 2.24) is 19.5 Å². The smallest absolute Gasteiger partial charge is 0.145 e. The van der Waals surface area contributed by atoms with E-state index in [2.05, 4.69) is 109 Å². The Kier molecular flexibility index (Phi) is 7.10. The van der Waals surface area contributed by atoms with Gasteiger partial charge in [-0.2, -0.15) is 0 Å². The average molecular weight is 623 g/mol. The maximum absolute atomic E-state index is 10.8. The van der Waals surface area contributed by atoms with Gasteiger partial charge >= 0.3 is 0 Å². The largest absolute Gasteiger partial charge is 0.507 e. The second-order valence-corrected chi connectivity index (χ2v) is 13.2. The number of phenols is 1. The van der Waals surface area contributed by atoms with Crippen LogP contribution in [0, 0.1) is 0 Å². The number of pyridine rings is 2. The van der Waals surface area contributed by atoms with Crippen molar-refractivity contribution in [2.75, 3.05) is 0 Å². The number of fused-ring (bicyclic) bond motifs is 2. The van der Waals surface area contributed by atoms with Crippen LogP contribution in [0.3, 0.4) is 0 Å². The monoisotopic (exact) mass is 622 g/mol. The number of benzene rings is 5. The minimum Gasteiger partial charge on any atom is -0.507 e. The van der Waals surface area contributed by atoms with Crippen LogP contribution >= 0.6 is 0 Å². The Hall–Kier alpha value is -6.07. The summed E-state index contributed by atoms with van der Waals surface area (Å²) in [5.41, 5.74) is 11.9. The summed E-state index contributed by atoms with van der Waals surface area (Å²) in [6.07, 6.45) is 5.54. The molecule has 0 bridgehead atoms. The lowest BCUT2D eigenvalue weighted by Crippen LogP contribution is -2.11. The molecule has 0 aliphatic carbocycles. The summed E-state index contributed by atoms with van der Waals surface area (Å²) >= 11 is 0. The van der Waals surface area contributed by atoms with E-state index in [0.717, 1.165) is 72.4 Å². The second-order valence-electron chi connectivity index (χ2n) is 13.2. The van der Waals surface area contributed by atoms with Crippen molar-refractivity contribution in [3.63, 3.8) is 0 Å². The van der Waals surface area contributed by atoms with Crippen LogP contribution in [0.15, 0.2) is 146 Å². The van der Waals surface area contributed by atoms with Crippen LogP contribution in [0.1, 0.15) is 26.3 Å². The van der Waals surface area contributed by atoms with E-state index in [4.69, 9.17) is 9.97 Å². The number of aromatic nitrogens is 4. The standard InChI is InChI=1S/C43H34N4O/c1-43(2,3)33-18-20-34(21-19-33)47-38-16-7-15-36(35-14-4-5-17-39(35)48)41(38)46-42(47)30-11-6-10-28(24-30)37-26-32(31-13-8-22-44-27-31)25-29-12-9-23-45-40(29)37/h4-27,48H,1-3H3. The Morgan fingerprint density at radius 2 is 1.33 bits per heavy atom. The highest BCUT2D eigenvalue weighted by atomic mass is 16.3. The van der Waals surface area contributed by atoms with E-state index >= 15 is 0 Å². The van der Waals surface area contributed by atoms with E-state index in [1.807, 2.05) is 54.9 Å². The molecule has 48 heavy (non-hydrogen) atoms. The van der Waals surface area contributed by atoms with Gasteiger partial charge in [-0.25, -0.2) is 4.98 Å². The fourth-order valence-electron chi connectivity index (χ4n) is 6.52. The third-order valence-electron chi connectivity index (χ3n) is 9.00. The van der Waals surface area contributed by atoms with Crippen molar-refractivity contribution in [2.45, 2.75) is 26.2 Å². The van der Waals surface area contributed by atoms with Gasteiger partial charge in [-0.3, -0.25) is 14.5 Å². The fourth-order valence-corrected chi connectivity index (χ4v) is 6.52. The predicted molar refractivity (Wildman–Crippen MR) is 196 cm³/mol. The zero-order valence-corrected chi connectivity index (χ0v) is 27.1. The highest BCUT2D eigenvalue weighted by Gasteiger charge is 2.21. The van der Waals surface area contributed by atoms with Gasteiger partial charge in [0.1, 0.15) is 11.6 Å². The zero-order valence-electron chi connectivity index (χ0n) is 27.1. The van der Waals surface area contributed by atoms with Gasteiger partial charge < -0.3 is 5.11 Å². The molecule has 0 saturated heterocycles. The molecule has 0 amide bonds. The molecule has 0 radical (unpaired) electrons. The summed E-state index contributed by atoms with van der Waals surface area (Å²) in [6.45, 7) is 6.68. The third-order valence-corrected chi connectivity index (χ3v) is 9.00. The van der Waals surface area contributed by atoms with E-state index in [9.17, 15) is 5.11 Å². The van der Waals surface area contributed by atoms with E-state index in [1.54, 1.807) is 12.3 Å². The quantitative estimate of drug-likeness (QED) is 0.207. The Bertz CT molecular complexity index is 2440. The minimum atomic E-state index is 0.0336. The topological polar surface area (TPSA) is 63.8 Å². The number of nitrogens with zero attached hydrogens (tertiary/aromatic N) is 4. The maximum Gasteiger partial charge on any atom is 0.145 e. The average Bonchev–Trinajstić information content (AvgIpc) is 3.52. The van der Waals surface area contributed by atoms with Gasteiger partial charge in [0.25, 0.3) is 0 Å². The van der Waals surface area contributed by atoms with E-state index in [1.165, 1.54) is 5.56 Å². The lowest BCUT2D eigenvalue weighted by molar-refractivity contribution is 0.477. The number of imidazole rings is 1. The summed E-state index contributed by atoms with van der Waals surface area (Å²) in [5, 5.41) is 11.9. The number of hydrogen-bond donors (Lipinski definition) is 1. The Balaban J connectivity index is 1.36. The summed E-state index contributed by atoms with van der Waals surface area (Å²) in [4.78, 5) is 14.5. The molecule has 0 aliphatic rings. The van der Waals surface area contributed by atoms with Crippen LogP contribution in [0.25, 0.3) is 72.4 Å². The number of rotatable bonds is 5. The summed E-state index contributed by atoms with van der Waals surface area (Å²) in [5.74, 6) is 1.05. The third kappa shape index (κ3) is 5.19. The number of hydrogen-bond acceptors (Lipinski definition) is 4. The van der Waals surface area contributed by atoms with Crippen LogP contribution < -0.4 is 0 Å². The fraction of sp³-hybridized carbons (Fsp3) is 0.0930. The molecule has 0 spiro atoms. The zero-order chi connectivity index (χ0) is 32.8. The van der Waals surface area contributed by atoms with Gasteiger partial charge in [-0.05, 0) is 76.7 Å². The first-order valence-corrected chi connectivity index (χ1v) is 16.2. The molecule has 0 atom stereocenters. The molecule has 0 saturated carbocycles. The molecule has 3 heterocycles. The summed E-state index contributed by atoms with van der Waals surface area (Å²) < 4.78 is 2.23. The van der Waals surface area contributed by atoms with Crippen LogP contribution in [0.5, 0.6) is 5.75 Å². The van der Waals surface area contributed by atoms with Crippen molar-refractivity contribution in [2.24, 2.45) is 0 Å². The molecule has 0 unspecified atom stereocenters. The molecule has 8 aromatic rings. The molecule has 0 aliphatic heterocycles. The normalized spacial score (nSPS) is 11.7. The van der Waals surface area contributed by atoms with Crippen LogP contribution in [-0.2, 0) is 5.41 Å². The summed E-state index contributed by atoms with van der Waals surface area (Å²) in [7, 11) is 0. The van der Waals surface area contributed by atoms with E-state index in [-0.39, 0.29) is 11.2 Å². The van der Waals surface area contributed by atoms with Crippen LogP contribution in [0.2, 0.25) is 0 Å². The molecule has 1 N–H and O–H groups in total. The van der Waals surface area contributed by atoms with Gasteiger partial charge in [-0.15, -0.1) is 0 Å². The SMILES string of the molecule is CC(C)(C)c1ccc(-n2c(-c3cccc(-c4cc(-c5cccnc5)cc5cccnc45)c3)nc3c(-c4ccccc4O)cccc32)cc1. The van der Waals surface area contributed by atoms with E-state index in [0.29, 0.717) is 0 Å². The van der Waals surface area contributed by atoms with Gasteiger partial charge in [-0.1, -0.05) is 93.6 Å². The second kappa shape index (κ2) is 11.6. The molecule has 8 rings (SSSR count). The van der Waals surface area contributed by atoms with Crippen LogP contribution in [-0.4, -0.2) is 24.6 Å². The van der Waals surface area contributed by atoms with E-state index < -0.39 is 0 Å². The van der Waals surface area contributed by atoms with Crippen molar-refractivity contribution in [3.05, 3.63) is 152 Å². The Morgan fingerprint density at radius 3 is 2.12 bits per heavy atom. The number of phenolic OH excluding ortho intramolecular Hbond substituents is 1. The Labute approximate surface area is 279 Å². The van der Waals surface area contributed by atoms with Crippen molar-refractivity contribution in [3.8, 4) is 56.2 Å². The highest BCUT2D eigenvalue weighted by Crippen LogP contribution is 2.39. The molecule has 5 aromatic carbocycles. The van der Waals surface area contributed by atoms with Gasteiger partial charge in [0.2, 0.25) is 0 Å². The molecular weight excluding hydrogens is 589 g/mol. The van der Waals surface area contributed by atoms with Gasteiger partial charge in [0.15, 0.2) is 0 Å². The predicted octanol–water partition coefficient (Wildman–Crippen LogP) is 10.6. The van der Waals surface area contributed by atoms with Crippen molar-refractivity contribution < 1.29 is 5.11 Å². The van der Waals surface area contributed by atoms with Crippen LogP contribution in [0.4, 0.5) is 0 Å². The Morgan fingerprint density at radius 1 is 0.583 bits per heavy atom. The van der Waals surface area contributed by atoms with Gasteiger partial charge in [0.05, 0.1) is 16.6 Å². The summed E-state index contributed by atoms with van der Waals surface area (Å²) in [6, 6.07) is 43.4. The molecule has 0 fully saturated rings. The lowest BCUT2D eigenvalue weighted by atomic mass is 9.87. The van der Waals surface area contributed by atoms with Crippen molar-refractivity contribution >= 4 is 21.9 Å². The molecule has 5 nitrogen and oxygen atoms in total. The minimum absolute atomic E-state index is 0.0336. The molecular formula is C43H34N4O. The number of para-hydroxylation sites is 2. The van der Waals surface area contributed by atoms with Crippen molar-refractivity contribution in [1.29, 1.82) is 0 Å². The van der Waals surface area contributed by atoms with Gasteiger partial charge in [0, 0.05) is 57.5 Å². The highest BCUT2D eigenvalue weighted by molar-refractivity contribution is 5.99. The first-order chi connectivity index (χ1) is 23.3. The lowest BCUT2D eigenvalue weighted by Gasteiger charge is -2.20. The maximum atomic E-state index is 10.8. The molecule has 232 valence electrons. The number of aromatic hydroxyl groups is 1. The first kappa shape index (κ1) is 29.3. The first-order valence-electron chi connectivity index (χ1n) is 16.2. The molecule has 3 aromatic heterocycles.